The number of likely N-dealkylation sites (tertiary alicyclic amines) is 1. The van der Waals surface area contributed by atoms with Crippen molar-refractivity contribution in [1.82, 2.24) is 10.2 Å². The molecule has 0 aromatic carbocycles. The number of hydrogen-bond acceptors (Lipinski definition) is 3. The third-order valence-corrected chi connectivity index (χ3v) is 8.82. The lowest BCUT2D eigenvalue weighted by Crippen LogP contribution is -2.53. The standard InChI is InChI=1S/C24H40N2O2/c1-16(26-13-11-19(12-14-26)18-7-3-4-8-18)24(28)25-23-21-10-6-5-9-20(21)15-22(23)17(2)27/h16,18-23H,3-15H2,1-2H3,(H,25,28). The van der Waals surface area contributed by atoms with Crippen LogP contribution in [0, 0.1) is 29.6 Å². The zero-order chi connectivity index (χ0) is 19.7. The molecule has 3 aliphatic carbocycles. The van der Waals surface area contributed by atoms with E-state index in [4.69, 9.17) is 0 Å². The molecule has 1 saturated heterocycles. The van der Waals surface area contributed by atoms with E-state index in [-0.39, 0.29) is 29.7 Å². The van der Waals surface area contributed by atoms with Gasteiger partial charge in [-0.1, -0.05) is 44.9 Å². The topological polar surface area (TPSA) is 49.4 Å². The number of fused-ring (bicyclic) bond motifs is 1. The van der Waals surface area contributed by atoms with Crippen molar-refractivity contribution in [2.45, 2.75) is 96.6 Å². The van der Waals surface area contributed by atoms with Crippen LogP contribution in [-0.2, 0) is 9.59 Å². The van der Waals surface area contributed by atoms with E-state index in [2.05, 4.69) is 17.1 Å². The first-order valence-corrected chi connectivity index (χ1v) is 12.1. The van der Waals surface area contributed by atoms with Crippen molar-refractivity contribution in [3.05, 3.63) is 0 Å². The molecule has 0 aromatic heterocycles. The first-order valence-electron chi connectivity index (χ1n) is 12.1. The van der Waals surface area contributed by atoms with Crippen molar-refractivity contribution in [2.75, 3.05) is 13.1 Å². The van der Waals surface area contributed by atoms with E-state index in [1.165, 1.54) is 64.2 Å². The van der Waals surface area contributed by atoms with Gasteiger partial charge in [-0.25, -0.2) is 0 Å². The molecule has 5 atom stereocenters. The third-order valence-electron chi connectivity index (χ3n) is 8.82. The van der Waals surface area contributed by atoms with Gasteiger partial charge in [-0.3, -0.25) is 14.5 Å². The SMILES string of the molecule is CC(=O)C1CC2CCCCC2C1NC(=O)C(C)N1CCC(C2CCCC2)CC1. The summed E-state index contributed by atoms with van der Waals surface area (Å²) in [7, 11) is 0. The number of carbonyl (C=O) groups is 2. The molecule has 3 saturated carbocycles. The highest BCUT2D eigenvalue weighted by atomic mass is 16.2. The van der Waals surface area contributed by atoms with Crippen LogP contribution in [0.5, 0.6) is 0 Å². The minimum atomic E-state index is -0.0697. The summed E-state index contributed by atoms with van der Waals surface area (Å²) >= 11 is 0. The molecule has 0 radical (unpaired) electrons. The molecule has 28 heavy (non-hydrogen) atoms. The van der Waals surface area contributed by atoms with E-state index in [1.54, 1.807) is 6.92 Å². The lowest BCUT2D eigenvalue weighted by molar-refractivity contribution is -0.128. The van der Waals surface area contributed by atoms with Crippen LogP contribution in [0.4, 0.5) is 0 Å². The smallest absolute Gasteiger partial charge is 0.237 e. The van der Waals surface area contributed by atoms with Gasteiger partial charge in [-0.15, -0.1) is 0 Å². The third kappa shape index (κ3) is 4.17. The molecule has 158 valence electrons. The minimum absolute atomic E-state index is 0.0392. The fourth-order valence-corrected chi connectivity index (χ4v) is 7.06. The van der Waals surface area contributed by atoms with Gasteiger partial charge in [0.2, 0.25) is 5.91 Å². The number of carbonyl (C=O) groups excluding carboxylic acids is 2. The van der Waals surface area contributed by atoms with E-state index >= 15 is 0 Å². The molecular weight excluding hydrogens is 348 g/mol. The second kappa shape index (κ2) is 8.85. The summed E-state index contributed by atoms with van der Waals surface area (Å²) in [6.45, 7) is 5.91. The van der Waals surface area contributed by atoms with Crippen molar-refractivity contribution in [1.29, 1.82) is 0 Å². The van der Waals surface area contributed by atoms with Crippen LogP contribution in [0.25, 0.3) is 0 Å². The Morgan fingerprint density at radius 3 is 2.07 bits per heavy atom. The van der Waals surface area contributed by atoms with Gasteiger partial charge in [0, 0.05) is 12.0 Å². The number of nitrogens with zero attached hydrogens (tertiary/aromatic N) is 1. The summed E-state index contributed by atoms with van der Waals surface area (Å²) in [6, 6.07) is 0.00792. The van der Waals surface area contributed by atoms with Crippen molar-refractivity contribution in [3.63, 3.8) is 0 Å². The Hall–Kier alpha value is -0.900. The Morgan fingerprint density at radius 1 is 0.857 bits per heavy atom. The molecule has 4 heteroatoms. The van der Waals surface area contributed by atoms with Crippen molar-refractivity contribution in [2.24, 2.45) is 29.6 Å². The minimum Gasteiger partial charge on any atom is -0.351 e. The Bertz CT molecular complexity index is 563. The molecule has 4 fully saturated rings. The molecule has 1 amide bonds. The average molecular weight is 389 g/mol. The molecule has 1 heterocycles. The van der Waals surface area contributed by atoms with Crippen LogP contribution in [0.15, 0.2) is 0 Å². The van der Waals surface area contributed by atoms with Gasteiger partial charge >= 0.3 is 0 Å². The second-order valence-corrected chi connectivity index (χ2v) is 10.3. The Balaban J connectivity index is 1.32. The van der Waals surface area contributed by atoms with E-state index in [0.29, 0.717) is 11.8 Å². The largest absolute Gasteiger partial charge is 0.351 e. The molecular formula is C24H40N2O2. The van der Waals surface area contributed by atoms with Gasteiger partial charge in [-0.2, -0.15) is 0 Å². The fraction of sp³-hybridized carbons (Fsp3) is 0.917. The summed E-state index contributed by atoms with van der Waals surface area (Å²) in [6.07, 6.45) is 14.2. The summed E-state index contributed by atoms with van der Waals surface area (Å²) in [5.41, 5.74) is 0. The monoisotopic (exact) mass is 388 g/mol. The van der Waals surface area contributed by atoms with Crippen LogP contribution in [0.3, 0.4) is 0 Å². The first-order chi connectivity index (χ1) is 13.5. The van der Waals surface area contributed by atoms with E-state index in [0.717, 1.165) is 31.3 Å². The predicted molar refractivity (Wildman–Crippen MR) is 112 cm³/mol. The number of rotatable bonds is 5. The maximum absolute atomic E-state index is 13.1. The molecule has 1 aliphatic heterocycles. The van der Waals surface area contributed by atoms with Crippen LogP contribution in [0.1, 0.15) is 84.5 Å². The summed E-state index contributed by atoms with van der Waals surface area (Å²) < 4.78 is 0. The van der Waals surface area contributed by atoms with Crippen molar-refractivity contribution < 1.29 is 9.59 Å². The fourth-order valence-electron chi connectivity index (χ4n) is 7.06. The number of nitrogens with one attached hydrogen (secondary N) is 1. The highest BCUT2D eigenvalue weighted by molar-refractivity contribution is 5.84. The second-order valence-electron chi connectivity index (χ2n) is 10.3. The first kappa shape index (κ1) is 20.4. The number of Topliss-reactive ketones (excluding diaryl/α,β-unsaturated/α-hetero) is 1. The van der Waals surface area contributed by atoms with Crippen molar-refractivity contribution in [3.8, 4) is 0 Å². The van der Waals surface area contributed by atoms with E-state index < -0.39 is 0 Å². The molecule has 0 bridgehead atoms. The summed E-state index contributed by atoms with van der Waals surface area (Å²) in [4.78, 5) is 27.8. The quantitative estimate of drug-likeness (QED) is 0.769. The Kier molecular flexibility index (Phi) is 6.44. The number of amides is 1. The van der Waals surface area contributed by atoms with Gasteiger partial charge in [0.05, 0.1) is 6.04 Å². The molecule has 4 nitrogen and oxygen atoms in total. The highest BCUT2D eigenvalue weighted by Crippen LogP contribution is 2.45. The molecule has 0 aromatic rings. The highest BCUT2D eigenvalue weighted by Gasteiger charge is 2.46. The van der Waals surface area contributed by atoms with Gasteiger partial charge in [0.15, 0.2) is 0 Å². The number of piperidine rings is 1. The molecule has 5 unspecified atom stereocenters. The Labute approximate surface area is 171 Å². The van der Waals surface area contributed by atoms with Gasteiger partial charge in [0.25, 0.3) is 0 Å². The molecule has 4 aliphatic rings. The van der Waals surface area contributed by atoms with Crippen molar-refractivity contribution >= 4 is 11.7 Å². The Morgan fingerprint density at radius 2 is 1.43 bits per heavy atom. The molecule has 0 spiro atoms. The van der Waals surface area contributed by atoms with Crippen LogP contribution < -0.4 is 5.32 Å². The lowest BCUT2D eigenvalue weighted by Gasteiger charge is -2.38. The maximum atomic E-state index is 13.1. The summed E-state index contributed by atoms with van der Waals surface area (Å²) in [5.74, 6) is 3.46. The van der Waals surface area contributed by atoms with Gasteiger partial charge in [0.1, 0.15) is 5.78 Å². The van der Waals surface area contributed by atoms with Crippen LogP contribution in [0.2, 0.25) is 0 Å². The van der Waals surface area contributed by atoms with Gasteiger partial charge < -0.3 is 5.32 Å². The zero-order valence-corrected chi connectivity index (χ0v) is 18.0. The normalized spacial score (nSPS) is 36.2. The molecule has 4 rings (SSSR count). The average Bonchev–Trinajstić information content (AvgIpc) is 3.36. The van der Waals surface area contributed by atoms with E-state index in [9.17, 15) is 9.59 Å². The maximum Gasteiger partial charge on any atom is 0.237 e. The van der Waals surface area contributed by atoms with Crippen LogP contribution in [-0.4, -0.2) is 41.8 Å². The zero-order valence-electron chi connectivity index (χ0n) is 18.0. The number of ketones is 1. The summed E-state index contributed by atoms with van der Waals surface area (Å²) in [5, 5.41) is 3.37. The number of hydrogen-bond donors (Lipinski definition) is 1. The van der Waals surface area contributed by atoms with Crippen LogP contribution >= 0.6 is 0 Å². The van der Waals surface area contributed by atoms with Gasteiger partial charge in [-0.05, 0) is 76.3 Å². The lowest BCUT2D eigenvalue weighted by atomic mass is 9.80. The molecule has 1 N–H and O–H groups in total. The predicted octanol–water partition coefficient (Wildman–Crippen LogP) is 4.18. The van der Waals surface area contributed by atoms with E-state index in [1.807, 2.05) is 0 Å².